The van der Waals surface area contributed by atoms with E-state index in [1.54, 1.807) is 0 Å². The summed E-state index contributed by atoms with van der Waals surface area (Å²) in [6.45, 7) is 0. The van der Waals surface area contributed by atoms with E-state index in [0.717, 1.165) is 134 Å². The molecule has 0 spiro atoms. The lowest BCUT2D eigenvalue weighted by atomic mass is 9.96. The topological polar surface area (TPSA) is 54.3 Å². The van der Waals surface area contributed by atoms with E-state index in [4.69, 9.17) is 9.97 Å². The number of pyridine rings is 2. The van der Waals surface area contributed by atoms with E-state index in [1.165, 1.54) is 86.9 Å². The van der Waals surface area contributed by atoms with Crippen molar-refractivity contribution in [1.29, 1.82) is 0 Å². The molecule has 0 amide bonds. The van der Waals surface area contributed by atoms with E-state index in [-0.39, 0.29) is 0 Å². The molecule has 0 aliphatic carbocycles. The molecule has 0 N–H and O–H groups in total. The van der Waals surface area contributed by atoms with Gasteiger partial charge in [0.25, 0.3) is 0 Å². The summed E-state index contributed by atoms with van der Waals surface area (Å²) >= 11 is 0. The molecule has 24 aromatic rings. The number of rotatable bonds is 9. The average Bonchev–Trinajstić information content (AvgIpc) is 1.56. The first-order chi connectivity index (χ1) is 52.6. The highest BCUT2D eigenvalue weighted by Gasteiger charge is 2.26. The minimum absolute atomic E-state index is 0.926. The Balaban J connectivity index is 0.594. The molecule has 0 aliphatic rings. The van der Waals surface area contributed by atoms with Crippen molar-refractivity contribution in [2.75, 3.05) is 0 Å². The summed E-state index contributed by atoms with van der Waals surface area (Å²) in [4.78, 5) is 10.9. The molecule has 14 aromatic carbocycles. The number of benzene rings is 14. The Bertz CT molecular complexity index is 7820. The van der Waals surface area contributed by atoms with Crippen LogP contribution in [0.25, 0.3) is 221 Å². The zero-order valence-corrected chi connectivity index (χ0v) is 57.1. The maximum atomic E-state index is 5.55. The van der Waals surface area contributed by atoms with Crippen molar-refractivity contribution in [1.82, 2.24) is 37.0 Å². The van der Waals surface area contributed by atoms with Crippen molar-refractivity contribution in [2.45, 2.75) is 0 Å². The standard InChI is InChI=1S/C98H58N8/c1-2-20-65(21-3-1)101-85-33-14-10-27-73(85)80-54-60(43-51-89(80)101)63-42-49-76-71-25-9-13-32-84(71)104(92(76)57-63)68-47-50-77-82(58-68)98-96(100-94-38-18-36-88(77)106(94)98)78-29-6-4-23-69(78)59-39-45-66(46-40-59)102-86-34-15-11-28-74(86)81-55-61(44-52-90(81)102)62-41-48-75-70-24-8-12-31-83(70)103(91(75)56-62)67-22-16-19-64(53-67)95-97-79-30-7-5-26-72(79)87-35-17-37-93(99-95)105(87)97/h1-58H. The van der Waals surface area contributed by atoms with Crippen LogP contribution >= 0.6 is 0 Å². The quantitative estimate of drug-likeness (QED) is 0.145. The Morgan fingerprint density at radius 2 is 0.528 bits per heavy atom. The number of hydrogen-bond donors (Lipinski definition) is 0. The fourth-order valence-electron chi connectivity index (χ4n) is 18.3. The van der Waals surface area contributed by atoms with E-state index in [2.05, 4.69) is 379 Å². The van der Waals surface area contributed by atoms with E-state index < -0.39 is 0 Å². The molecule has 0 saturated heterocycles. The van der Waals surface area contributed by atoms with Gasteiger partial charge in [-0.15, -0.1) is 0 Å². The molecule has 24 rings (SSSR count). The van der Waals surface area contributed by atoms with Crippen LogP contribution in [0.4, 0.5) is 0 Å². The molecular formula is C98H58N8. The Morgan fingerprint density at radius 3 is 1.10 bits per heavy atom. The summed E-state index contributed by atoms with van der Waals surface area (Å²) in [5.41, 5.74) is 31.3. The minimum atomic E-state index is 0.926. The third-order valence-electron chi connectivity index (χ3n) is 22.9. The smallest absolute Gasteiger partial charge is 0.138 e. The zero-order valence-electron chi connectivity index (χ0n) is 57.1. The zero-order chi connectivity index (χ0) is 69.0. The SMILES string of the molecule is c1ccc(-n2c3ccccc3c3cc(-c4ccc5c6ccccc6n(-c6ccc7c(c6)c6c(-c8ccccc8-c8ccc(-n9c%10ccccc%10c%10cc(-c%11ccc%12c%13ccccc%13n(-c%13cccc(-c%14nc%15cccc%16c%17ccccc%17c%14n%15%16)c%13)c%12c%11)ccc%109)cc8)nc8cccc7n86)c5c4)ccc32)cc1. The molecule has 0 atom stereocenters. The van der Waals surface area contributed by atoms with Gasteiger partial charge < -0.3 is 18.3 Å². The lowest BCUT2D eigenvalue weighted by molar-refractivity contribution is 1.18. The van der Waals surface area contributed by atoms with Gasteiger partial charge in [-0.05, 0) is 167 Å². The molecule has 8 heteroatoms. The van der Waals surface area contributed by atoms with Crippen LogP contribution in [0.3, 0.4) is 0 Å². The second kappa shape index (κ2) is 21.6. The van der Waals surface area contributed by atoms with Gasteiger partial charge in [-0.2, -0.15) is 0 Å². The lowest BCUT2D eigenvalue weighted by Gasteiger charge is -2.12. The van der Waals surface area contributed by atoms with Gasteiger partial charge in [0, 0.05) is 98.5 Å². The van der Waals surface area contributed by atoms with Crippen molar-refractivity contribution in [3.8, 4) is 78.6 Å². The first-order valence-electron chi connectivity index (χ1n) is 36.4. The molecule has 0 aliphatic heterocycles. The normalized spacial score (nSPS) is 12.3. The van der Waals surface area contributed by atoms with Crippen molar-refractivity contribution >= 4 is 142 Å². The van der Waals surface area contributed by atoms with Gasteiger partial charge >= 0.3 is 0 Å². The lowest BCUT2D eigenvalue weighted by Crippen LogP contribution is -1.95. The summed E-state index contributed by atoms with van der Waals surface area (Å²) < 4.78 is 14.4. The highest BCUT2D eigenvalue weighted by Crippen LogP contribution is 2.47. The molecule has 0 radical (unpaired) electrons. The largest absolute Gasteiger partial charge is 0.309 e. The van der Waals surface area contributed by atoms with Gasteiger partial charge in [0.2, 0.25) is 0 Å². The Morgan fingerprint density at radius 1 is 0.170 bits per heavy atom. The third kappa shape index (κ3) is 8.01. The van der Waals surface area contributed by atoms with Crippen LogP contribution in [-0.4, -0.2) is 37.0 Å². The van der Waals surface area contributed by atoms with E-state index in [0.29, 0.717) is 0 Å². The van der Waals surface area contributed by atoms with E-state index in [9.17, 15) is 0 Å². The molecule has 0 fully saturated rings. The second-order valence-corrected chi connectivity index (χ2v) is 28.4. The Kier molecular flexibility index (Phi) is 11.7. The van der Waals surface area contributed by atoms with E-state index >= 15 is 0 Å². The van der Waals surface area contributed by atoms with Crippen molar-refractivity contribution in [2.24, 2.45) is 0 Å². The molecule has 490 valence electrons. The number of nitrogens with zero attached hydrogens (tertiary/aromatic N) is 8. The monoisotopic (exact) mass is 1350 g/mol. The molecule has 8 nitrogen and oxygen atoms in total. The molecule has 106 heavy (non-hydrogen) atoms. The van der Waals surface area contributed by atoms with Gasteiger partial charge in [0.05, 0.1) is 77.6 Å². The van der Waals surface area contributed by atoms with E-state index in [1.807, 2.05) is 0 Å². The summed E-state index contributed by atoms with van der Waals surface area (Å²) in [5, 5.41) is 14.6. The number of aromatic nitrogens is 8. The predicted octanol–water partition coefficient (Wildman–Crippen LogP) is 25.2. The molecule has 10 heterocycles. The van der Waals surface area contributed by atoms with Crippen molar-refractivity contribution < 1.29 is 0 Å². The maximum Gasteiger partial charge on any atom is 0.138 e. The average molecular weight is 1350 g/mol. The molecule has 0 bridgehead atoms. The summed E-state index contributed by atoms with van der Waals surface area (Å²) in [6.07, 6.45) is 0. The minimum Gasteiger partial charge on any atom is -0.309 e. The number of para-hydroxylation sites is 5. The Labute approximate surface area is 605 Å². The van der Waals surface area contributed by atoms with Gasteiger partial charge in [0.15, 0.2) is 0 Å². The number of fused-ring (bicyclic) bond motifs is 18. The van der Waals surface area contributed by atoms with Crippen molar-refractivity contribution in [3.63, 3.8) is 0 Å². The number of imidazole rings is 2. The first-order valence-corrected chi connectivity index (χ1v) is 36.4. The summed E-state index contributed by atoms with van der Waals surface area (Å²) in [6, 6.07) is 130. The Hall–Kier alpha value is -14.3. The van der Waals surface area contributed by atoms with Crippen LogP contribution in [0.2, 0.25) is 0 Å². The van der Waals surface area contributed by atoms with Gasteiger partial charge in [0.1, 0.15) is 11.3 Å². The van der Waals surface area contributed by atoms with Crippen LogP contribution in [0.15, 0.2) is 352 Å². The highest BCUT2D eigenvalue weighted by molar-refractivity contribution is 6.19. The molecular weight excluding hydrogens is 1290 g/mol. The maximum absolute atomic E-state index is 5.55. The van der Waals surface area contributed by atoms with Gasteiger partial charge in [-0.1, -0.05) is 218 Å². The van der Waals surface area contributed by atoms with Crippen LogP contribution in [0.1, 0.15) is 0 Å². The first kappa shape index (κ1) is 57.3. The number of hydrogen-bond acceptors (Lipinski definition) is 2. The van der Waals surface area contributed by atoms with Crippen LogP contribution in [-0.2, 0) is 0 Å². The highest BCUT2D eigenvalue weighted by atomic mass is 15.1. The molecule has 10 aromatic heterocycles. The fourth-order valence-corrected chi connectivity index (χ4v) is 18.3. The second-order valence-electron chi connectivity index (χ2n) is 28.4. The van der Waals surface area contributed by atoms with Gasteiger partial charge in [-0.3, -0.25) is 8.80 Å². The predicted molar refractivity (Wildman–Crippen MR) is 441 cm³/mol. The summed E-state index contributed by atoms with van der Waals surface area (Å²) in [5.74, 6) is 0. The van der Waals surface area contributed by atoms with Crippen molar-refractivity contribution in [3.05, 3.63) is 352 Å². The van der Waals surface area contributed by atoms with Crippen LogP contribution < -0.4 is 0 Å². The summed E-state index contributed by atoms with van der Waals surface area (Å²) in [7, 11) is 0. The van der Waals surface area contributed by atoms with Crippen LogP contribution in [0, 0.1) is 0 Å². The van der Waals surface area contributed by atoms with Gasteiger partial charge in [-0.25, -0.2) is 9.97 Å². The third-order valence-corrected chi connectivity index (χ3v) is 22.9. The van der Waals surface area contributed by atoms with Crippen LogP contribution in [0.5, 0.6) is 0 Å². The fraction of sp³-hybridized carbons (Fsp3) is 0. The molecule has 0 unspecified atom stereocenters. The molecule has 0 saturated carbocycles.